The van der Waals surface area contributed by atoms with Crippen molar-refractivity contribution in [3.05, 3.63) is 47.7 Å². The summed E-state index contributed by atoms with van der Waals surface area (Å²) < 4.78 is 0. The van der Waals surface area contributed by atoms with Crippen molar-refractivity contribution >= 4 is 6.41 Å². The maximum absolute atomic E-state index is 11.0. The Morgan fingerprint density at radius 2 is 2.00 bits per heavy atom. The number of hydrogen-bond donors (Lipinski definition) is 1. The van der Waals surface area contributed by atoms with E-state index in [2.05, 4.69) is 50.2 Å². The van der Waals surface area contributed by atoms with Crippen molar-refractivity contribution in [1.82, 2.24) is 5.32 Å². The van der Waals surface area contributed by atoms with E-state index in [0.29, 0.717) is 5.41 Å². The van der Waals surface area contributed by atoms with Crippen LogP contribution in [0.2, 0.25) is 0 Å². The van der Waals surface area contributed by atoms with Gasteiger partial charge in [0, 0.05) is 5.57 Å². The van der Waals surface area contributed by atoms with Gasteiger partial charge in [-0.3, -0.25) is 4.79 Å². The van der Waals surface area contributed by atoms with Crippen LogP contribution in [0, 0.1) is 29.1 Å². The molecule has 2 rings (SSSR count). The lowest BCUT2D eigenvalue weighted by molar-refractivity contribution is -0.108. The van der Waals surface area contributed by atoms with Crippen LogP contribution in [-0.2, 0) is 4.79 Å². The molecule has 0 aliphatic heterocycles. The maximum atomic E-state index is 11.0. The summed E-state index contributed by atoms with van der Waals surface area (Å²) in [6, 6.07) is 0. The molecule has 0 aromatic heterocycles. The fourth-order valence-electron chi connectivity index (χ4n) is 5.22. The third kappa shape index (κ3) is 4.83. The smallest absolute Gasteiger partial charge is 0.211 e. The van der Waals surface area contributed by atoms with Gasteiger partial charge < -0.3 is 5.32 Å². The molecule has 1 unspecified atom stereocenters. The molecule has 2 saturated carbocycles. The Morgan fingerprint density at radius 3 is 2.56 bits per heavy atom. The molecule has 0 aromatic carbocycles. The molecule has 0 radical (unpaired) electrons. The second-order valence-electron chi connectivity index (χ2n) is 8.22. The summed E-state index contributed by atoms with van der Waals surface area (Å²) in [6.45, 7) is 14.8. The summed E-state index contributed by atoms with van der Waals surface area (Å²) in [6.07, 6.45) is 14.2. The highest BCUT2D eigenvalue weighted by Crippen LogP contribution is 2.55. The van der Waals surface area contributed by atoms with Crippen LogP contribution in [0.25, 0.3) is 0 Å². The van der Waals surface area contributed by atoms with Gasteiger partial charge in [0.1, 0.15) is 0 Å². The molecule has 2 atom stereocenters. The molecule has 0 saturated heterocycles. The first-order valence-electron chi connectivity index (χ1n) is 10.4. The summed E-state index contributed by atoms with van der Waals surface area (Å²) in [5.41, 5.74) is 4.76. The van der Waals surface area contributed by atoms with Gasteiger partial charge in [0.05, 0.1) is 5.70 Å². The molecule has 2 heteroatoms. The number of rotatable bonds is 7. The number of carbonyl (C=O) groups excluding carboxylic acids is 1. The molecule has 1 N–H and O–H groups in total. The molecule has 2 nitrogen and oxygen atoms in total. The van der Waals surface area contributed by atoms with Gasteiger partial charge in [-0.25, -0.2) is 0 Å². The molecule has 146 valence electrons. The topological polar surface area (TPSA) is 29.1 Å². The first kappa shape index (κ1) is 21.3. The molecule has 27 heavy (non-hydrogen) atoms. The van der Waals surface area contributed by atoms with Gasteiger partial charge >= 0.3 is 0 Å². The van der Waals surface area contributed by atoms with E-state index < -0.39 is 0 Å². The van der Waals surface area contributed by atoms with E-state index in [-0.39, 0.29) is 0 Å². The quantitative estimate of drug-likeness (QED) is 0.252. The van der Waals surface area contributed by atoms with Crippen molar-refractivity contribution < 1.29 is 4.79 Å². The second kappa shape index (κ2) is 9.79. The van der Waals surface area contributed by atoms with Gasteiger partial charge in [0.2, 0.25) is 6.41 Å². The summed E-state index contributed by atoms with van der Waals surface area (Å²) in [7, 11) is 0. The highest BCUT2D eigenvalue weighted by Gasteiger charge is 2.44. The number of hydrogen-bond acceptors (Lipinski definition) is 1. The Bertz CT molecular complexity index is 690. The zero-order valence-electron chi connectivity index (χ0n) is 17.4. The van der Waals surface area contributed by atoms with Crippen LogP contribution in [0.1, 0.15) is 72.1 Å². The van der Waals surface area contributed by atoms with Crippen LogP contribution in [-0.4, -0.2) is 6.41 Å². The zero-order chi connectivity index (χ0) is 19.9. The minimum Gasteiger partial charge on any atom is -0.328 e. The van der Waals surface area contributed by atoms with Gasteiger partial charge in [-0.05, 0) is 75.2 Å². The molecular formula is C25H35NO. The average molecular weight is 366 g/mol. The molecule has 0 bridgehead atoms. The number of carbonyl (C=O) groups is 1. The van der Waals surface area contributed by atoms with Gasteiger partial charge in [0.25, 0.3) is 0 Å². The minimum absolute atomic E-state index is 0.331. The third-order valence-electron chi connectivity index (χ3n) is 6.71. The van der Waals surface area contributed by atoms with Crippen molar-refractivity contribution in [2.75, 3.05) is 0 Å². The minimum atomic E-state index is 0.331. The number of amides is 1. The highest BCUT2D eigenvalue weighted by atomic mass is 16.1. The Kier molecular flexibility index (Phi) is 7.72. The Balaban J connectivity index is 2.12. The van der Waals surface area contributed by atoms with E-state index in [1.165, 1.54) is 49.7 Å². The summed E-state index contributed by atoms with van der Waals surface area (Å²) in [5.74, 6) is 7.49. The van der Waals surface area contributed by atoms with Gasteiger partial charge in [0.15, 0.2) is 0 Å². The Morgan fingerprint density at radius 1 is 1.30 bits per heavy atom. The number of allylic oxidation sites excluding steroid dienone is 5. The molecule has 0 heterocycles. The average Bonchev–Trinajstić information content (AvgIpc) is 2.95. The first-order valence-corrected chi connectivity index (χ1v) is 10.4. The fraction of sp³-hybridized carbons (Fsp3) is 0.560. The lowest BCUT2D eigenvalue weighted by Crippen LogP contribution is -2.31. The SMILES string of the molecule is C=C/C(C#CC)=C(\C=C1CCC(C2CCC(=C)[C@@]2(C)CCC)CC1)NC=O. The van der Waals surface area contributed by atoms with Crippen LogP contribution in [0.4, 0.5) is 0 Å². The molecule has 0 spiro atoms. The number of nitrogens with one attached hydrogen (secondary N) is 1. The predicted octanol–water partition coefficient (Wildman–Crippen LogP) is 6.09. The summed E-state index contributed by atoms with van der Waals surface area (Å²) in [4.78, 5) is 11.0. The van der Waals surface area contributed by atoms with E-state index in [4.69, 9.17) is 0 Å². The maximum Gasteiger partial charge on any atom is 0.211 e. The molecule has 0 aromatic rings. The van der Waals surface area contributed by atoms with E-state index >= 15 is 0 Å². The third-order valence-corrected chi connectivity index (χ3v) is 6.71. The lowest BCUT2D eigenvalue weighted by atomic mass is 9.65. The summed E-state index contributed by atoms with van der Waals surface area (Å²) >= 11 is 0. The van der Waals surface area contributed by atoms with Crippen LogP contribution < -0.4 is 5.32 Å². The summed E-state index contributed by atoms with van der Waals surface area (Å²) in [5, 5.41) is 2.81. The standard InChI is InChI=1S/C25H35NO/c1-6-9-21(8-3)24(26-18-27)17-20-11-13-22(14-12-20)23-15-10-19(4)25(23,5)16-7-2/h8,17-18,22-23H,3-4,7,10-16H2,1-2,5H3,(H,26,27)/b20-17?,24-21-/t22?,23?,25-/m1/s1. The molecule has 1 amide bonds. The van der Waals surface area contributed by atoms with Gasteiger partial charge in [-0.1, -0.05) is 56.6 Å². The van der Waals surface area contributed by atoms with Gasteiger partial charge in [-0.2, -0.15) is 0 Å². The Hall–Kier alpha value is -2.01. The predicted molar refractivity (Wildman–Crippen MR) is 115 cm³/mol. The van der Waals surface area contributed by atoms with E-state index in [0.717, 1.165) is 42.4 Å². The molecule has 2 aliphatic rings. The molecule has 2 aliphatic carbocycles. The van der Waals surface area contributed by atoms with Crippen molar-refractivity contribution in [2.45, 2.75) is 72.1 Å². The fourth-order valence-corrected chi connectivity index (χ4v) is 5.22. The van der Waals surface area contributed by atoms with Crippen molar-refractivity contribution in [1.29, 1.82) is 0 Å². The monoisotopic (exact) mass is 365 g/mol. The molecular weight excluding hydrogens is 330 g/mol. The zero-order valence-corrected chi connectivity index (χ0v) is 17.4. The van der Waals surface area contributed by atoms with Gasteiger partial charge in [-0.15, -0.1) is 5.92 Å². The Labute approximate surface area is 165 Å². The van der Waals surface area contributed by atoms with E-state index in [1.54, 1.807) is 13.0 Å². The largest absolute Gasteiger partial charge is 0.328 e. The lowest BCUT2D eigenvalue weighted by Gasteiger charge is -2.40. The van der Waals surface area contributed by atoms with Crippen LogP contribution in [0.15, 0.2) is 47.7 Å². The van der Waals surface area contributed by atoms with Crippen LogP contribution in [0.5, 0.6) is 0 Å². The molecule has 2 fully saturated rings. The normalized spacial score (nSPS) is 28.7. The van der Waals surface area contributed by atoms with E-state index in [1.807, 2.05) is 0 Å². The van der Waals surface area contributed by atoms with Crippen molar-refractivity contribution in [2.24, 2.45) is 17.3 Å². The highest BCUT2D eigenvalue weighted by molar-refractivity contribution is 5.57. The van der Waals surface area contributed by atoms with Crippen molar-refractivity contribution in [3.8, 4) is 11.8 Å². The van der Waals surface area contributed by atoms with Crippen LogP contribution in [0.3, 0.4) is 0 Å². The van der Waals surface area contributed by atoms with Crippen molar-refractivity contribution in [3.63, 3.8) is 0 Å². The first-order chi connectivity index (χ1) is 13.0. The second-order valence-corrected chi connectivity index (χ2v) is 8.22. The van der Waals surface area contributed by atoms with Crippen LogP contribution >= 0.6 is 0 Å². The van der Waals surface area contributed by atoms with E-state index in [9.17, 15) is 4.79 Å².